The van der Waals surface area contributed by atoms with Gasteiger partial charge in [0, 0.05) is 31.5 Å². The fourth-order valence-corrected chi connectivity index (χ4v) is 3.68. The Hall–Kier alpha value is -2.47. The van der Waals surface area contributed by atoms with Crippen LogP contribution in [0.15, 0.2) is 30.3 Å². The molecule has 0 aliphatic carbocycles. The number of aryl methyl sites for hydroxylation is 2. The Morgan fingerprint density at radius 2 is 2.19 bits per heavy atom. The van der Waals surface area contributed by atoms with Gasteiger partial charge in [0.1, 0.15) is 17.3 Å². The molecule has 1 unspecified atom stereocenters. The first kappa shape index (κ1) is 17.0. The first-order valence-electron chi connectivity index (χ1n) is 9.31. The summed E-state index contributed by atoms with van der Waals surface area (Å²) in [7, 11) is 0. The summed E-state index contributed by atoms with van der Waals surface area (Å²) in [6.45, 7) is 4.04. The van der Waals surface area contributed by atoms with Crippen molar-refractivity contribution in [3.8, 4) is 0 Å². The minimum atomic E-state index is -0.169. The fraction of sp³-hybridized carbons (Fsp3) is 0.450. The lowest BCUT2D eigenvalue weighted by molar-refractivity contribution is 0.0853. The number of fused-ring (bicyclic) bond motifs is 1. The van der Waals surface area contributed by atoms with E-state index >= 15 is 0 Å². The molecule has 1 aromatic heterocycles. The number of hydrogen-bond acceptors (Lipinski definition) is 5. The van der Waals surface area contributed by atoms with Gasteiger partial charge in [0.2, 0.25) is 0 Å². The highest BCUT2D eigenvalue weighted by Gasteiger charge is 2.22. The van der Waals surface area contributed by atoms with Crippen LogP contribution in [0.1, 0.15) is 41.1 Å². The molecule has 3 heterocycles. The third kappa shape index (κ3) is 3.55. The van der Waals surface area contributed by atoms with Gasteiger partial charge in [-0.1, -0.05) is 18.2 Å². The molecular formula is C20H24N4O2. The van der Waals surface area contributed by atoms with Crippen molar-refractivity contribution < 1.29 is 9.53 Å². The topological polar surface area (TPSA) is 67.3 Å². The Morgan fingerprint density at radius 1 is 1.31 bits per heavy atom. The summed E-state index contributed by atoms with van der Waals surface area (Å²) in [5.41, 5.74) is 2.90. The van der Waals surface area contributed by atoms with E-state index in [9.17, 15) is 4.79 Å². The third-order valence-corrected chi connectivity index (χ3v) is 4.96. The van der Waals surface area contributed by atoms with Gasteiger partial charge in [-0.05, 0) is 44.2 Å². The molecule has 0 spiro atoms. The molecule has 0 saturated carbocycles. The summed E-state index contributed by atoms with van der Waals surface area (Å²) in [5.74, 6) is 1.22. The predicted octanol–water partition coefficient (Wildman–Crippen LogP) is 2.78. The van der Waals surface area contributed by atoms with Crippen molar-refractivity contribution in [2.45, 2.75) is 38.7 Å². The molecule has 2 aliphatic rings. The van der Waals surface area contributed by atoms with Crippen LogP contribution in [-0.2, 0) is 11.2 Å². The SMILES string of the molecule is Cc1nc(C(=O)NCC2CCCO2)cc(N2CCCc3ccccc32)n1. The van der Waals surface area contributed by atoms with E-state index in [0.717, 1.165) is 44.7 Å². The van der Waals surface area contributed by atoms with Gasteiger partial charge < -0.3 is 15.0 Å². The lowest BCUT2D eigenvalue weighted by Gasteiger charge is -2.30. The molecule has 1 saturated heterocycles. The molecule has 0 bridgehead atoms. The van der Waals surface area contributed by atoms with Crippen LogP contribution in [0.25, 0.3) is 0 Å². The van der Waals surface area contributed by atoms with Crippen LogP contribution in [0, 0.1) is 6.92 Å². The third-order valence-electron chi connectivity index (χ3n) is 4.96. The largest absolute Gasteiger partial charge is 0.376 e. The van der Waals surface area contributed by atoms with E-state index in [-0.39, 0.29) is 12.0 Å². The number of rotatable bonds is 4. The zero-order valence-corrected chi connectivity index (χ0v) is 15.1. The standard InChI is InChI=1S/C20H24N4O2/c1-14-22-17(20(25)21-13-16-8-5-11-26-16)12-19(23-14)24-10-4-7-15-6-2-3-9-18(15)24/h2-3,6,9,12,16H,4-5,7-8,10-11,13H2,1H3,(H,21,25). The smallest absolute Gasteiger partial charge is 0.270 e. The fourth-order valence-electron chi connectivity index (χ4n) is 3.68. The van der Waals surface area contributed by atoms with Crippen LogP contribution in [-0.4, -0.2) is 41.7 Å². The van der Waals surface area contributed by atoms with E-state index < -0.39 is 0 Å². The van der Waals surface area contributed by atoms with Gasteiger partial charge >= 0.3 is 0 Å². The minimum absolute atomic E-state index is 0.121. The molecule has 2 aromatic rings. The van der Waals surface area contributed by atoms with Crippen molar-refractivity contribution in [1.82, 2.24) is 15.3 Å². The number of anilines is 2. The molecule has 0 radical (unpaired) electrons. The maximum Gasteiger partial charge on any atom is 0.270 e. The summed E-state index contributed by atoms with van der Waals surface area (Å²) < 4.78 is 5.57. The summed E-state index contributed by atoms with van der Waals surface area (Å²) in [6.07, 6.45) is 4.33. The first-order valence-corrected chi connectivity index (χ1v) is 9.31. The Morgan fingerprint density at radius 3 is 3.04 bits per heavy atom. The highest BCUT2D eigenvalue weighted by molar-refractivity contribution is 5.93. The molecular weight excluding hydrogens is 328 g/mol. The van der Waals surface area contributed by atoms with Crippen LogP contribution < -0.4 is 10.2 Å². The quantitative estimate of drug-likeness (QED) is 0.916. The average molecular weight is 352 g/mol. The summed E-state index contributed by atoms with van der Waals surface area (Å²) in [5, 5.41) is 2.94. The van der Waals surface area contributed by atoms with Crippen molar-refractivity contribution in [3.05, 3.63) is 47.4 Å². The van der Waals surface area contributed by atoms with Crippen LogP contribution in [0.4, 0.5) is 11.5 Å². The zero-order chi connectivity index (χ0) is 17.9. The number of amides is 1. The lowest BCUT2D eigenvalue weighted by Crippen LogP contribution is -2.33. The number of carbonyl (C=O) groups is 1. The Balaban J connectivity index is 1.56. The predicted molar refractivity (Wildman–Crippen MR) is 99.8 cm³/mol. The first-order chi connectivity index (χ1) is 12.7. The number of hydrogen-bond donors (Lipinski definition) is 1. The number of para-hydroxylation sites is 1. The highest BCUT2D eigenvalue weighted by Crippen LogP contribution is 2.32. The number of benzene rings is 1. The summed E-state index contributed by atoms with van der Waals surface area (Å²) in [6, 6.07) is 10.2. The highest BCUT2D eigenvalue weighted by atomic mass is 16.5. The van der Waals surface area contributed by atoms with E-state index in [1.54, 1.807) is 6.07 Å². The Kier molecular flexibility index (Phi) is 4.84. The number of carbonyl (C=O) groups excluding carboxylic acids is 1. The average Bonchev–Trinajstić information content (AvgIpc) is 3.18. The van der Waals surface area contributed by atoms with Gasteiger partial charge in [0.15, 0.2) is 0 Å². The molecule has 1 amide bonds. The van der Waals surface area contributed by atoms with Gasteiger partial charge in [-0.2, -0.15) is 0 Å². The number of aromatic nitrogens is 2. The van der Waals surface area contributed by atoms with Crippen LogP contribution >= 0.6 is 0 Å². The molecule has 4 rings (SSSR count). The molecule has 136 valence electrons. The van der Waals surface area contributed by atoms with Gasteiger partial charge in [-0.3, -0.25) is 4.79 Å². The molecule has 2 aliphatic heterocycles. The molecule has 26 heavy (non-hydrogen) atoms. The molecule has 6 nitrogen and oxygen atoms in total. The number of nitrogens with one attached hydrogen (secondary N) is 1. The van der Waals surface area contributed by atoms with Crippen LogP contribution in [0.3, 0.4) is 0 Å². The van der Waals surface area contributed by atoms with Crippen molar-refractivity contribution in [2.75, 3.05) is 24.6 Å². The second-order valence-electron chi connectivity index (χ2n) is 6.89. The van der Waals surface area contributed by atoms with Gasteiger partial charge in [0.05, 0.1) is 6.10 Å². The monoisotopic (exact) mass is 352 g/mol. The Labute approximate surface area is 153 Å². The lowest BCUT2D eigenvalue weighted by atomic mass is 10.0. The normalized spacial score (nSPS) is 19.3. The van der Waals surface area contributed by atoms with E-state index in [1.807, 2.05) is 13.0 Å². The summed E-state index contributed by atoms with van der Waals surface area (Å²) in [4.78, 5) is 23.7. The van der Waals surface area contributed by atoms with E-state index in [1.165, 1.54) is 11.3 Å². The van der Waals surface area contributed by atoms with E-state index in [4.69, 9.17) is 4.74 Å². The molecule has 6 heteroatoms. The van der Waals surface area contributed by atoms with Gasteiger partial charge in [0.25, 0.3) is 5.91 Å². The second kappa shape index (κ2) is 7.41. The van der Waals surface area contributed by atoms with Gasteiger partial charge in [-0.15, -0.1) is 0 Å². The van der Waals surface area contributed by atoms with Crippen molar-refractivity contribution >= 4 is 17.4 Å². The second-order valence-corrected chi connectivity index (χ2v) is 6.89. The molecule has 1 N–H and O–H groups in total. The zero-order valence-electron chi connectivity index (χ0n) is 15.1. The maximum absolute atomic E-state index is 12.6. The van der Waals surface area contributed by atoms with E-state index in [2.05, 4.69) is 38.4 Å². The molecule has 1 aromatic carbocycles. The van der Waals surface area contributed by atoms with E-state index in [0.29, 0.717) is 18.1 Å². The van der Waals surface area contributed by atoms with Crippen LogP contribution in [0.5, 0.6) is 0 Å². The minimum Gasteiger partial charge on any atom is -0.376 e. The summed E-state index contributed by atoms with van der Waals surface area (Å²) >= 11 is 0. The van der Waals surface area contributed by atoms with Crippen molar-refractivity contribution in [1.29, 1.82) is 0 Å². The molecule has 1 atom stereocenters. The van der Waals surface area contributed by atoms with Gasteiger partial charge in [-0.25, -0.2) is 9.97 Å². The number of nitrogens with zero attached hydrogens (tertiary/aromatic N) is 3. The van der Waals surface area contributed by atoms with Crippen LogP contribution in [0.2, 0.25) is 0 Å². The van der Waals surface area contributed by atoms with Crippen molar-refractivity contribution in [2.24, 2.45) is 0 Å². The Bertz CT molecular complexity index is 802. The number of ether oxygens (including phenoxy) is 1. The van der Waals surface area contributed by atoms with Crippen molar-refractivity contribution in [3.63, 3.8) is 0 Å². The maximum atomic E-state index is 12.6. The molecule has 1 fully saturated rings.